The van der Waals surface area contributed by atoms with Gasteiger partial charge in [0.25, 0.3) is 1.43 Å². The molecule has 1 aromatic heterocycles. The molecule has 110 valence electrons. The highest BCUT2D eigenvalue weighted by Gasteiger charge is 2.30. The van der Waals surface area contributed by atoms with Crippen molar-refractivity contribution < 1.29 is 26.2 Å². The number of carbonyl (C=O) groups is 1. The van der Waals surface area contributed by atoms with Gasteiger partial charge in [-0.3, -0.25) is 4.79 Å². The first-order valence-corrected chi connectivity index (χ1v) is 6.12. The van der Waals surface area contributed by atoms with Gasteiger partial charge >= 0.3 is 5.97 Å². The molecule has 2 aromatic rings. The highest BCUT2D eigenvalue weighted by molar-refractivity contribution is 5.94. The summed E-state index contributed by atoms with van der Waals surface area (Å²) in [7, 11) is 1.07. The molecule has 1 aromatic carbocycles. The van der Waals surface area contributed by atoms with Crippen LogP contribution in [-0.4, -0.2) is 22.8 Å². The van der Waals surface area contributed by atoms with Gasteiger partial charge in [-0.2, -0.15) is 4.39 Å². The Hall–Kier alpha value is -2.44. The van der Waals surface area contributed by atoms with Gasteiger partial charge in [0.15, 0.2) is 11.6 Å². The molecule has 0 amide bonds. The van der Waals surface area contributed by atoms with Crippen LogP contribution in [-0.2, 0) is 0 Å². The Morgan fingerprint density at radius 2 is 2.29 bits per heavy atom. The minimum atomic E-state index is -1.60. The lowest BCUT2D eigenvalue weighted by molar-refractivity contribution is 0.0695. The summed E-state index contributed by atoms with van der Waals surface area (Å²) < 4.78 is 56.6. The normalized spacial score (nSPS) is 16.2. The van der Waals surface area contributed by atoms with Gasteiger partial charge in [-0.25, -0.2) is 9.18 Å². The lowest BCUT2D eigenvalue weighted by Crippen LogP contribution is -2.19. The summed E-state index contributed by atoms with van der Waals surface area (Å²) in [6.07, 6.45) is 0.597. The van der Waals surface area contributed by atoms with Gasteiger partial charge in [-0.05, 0) is 18.9 Å². The number of halogens is 2. The number of aromatic nitrogens is 1. The average Bonchev–Trinajstić information content (AvgIpc) is 3.37. The monoisotopic (exact) mass is 298 g/mol. The van der Waals surface area contributed by atoms with Crippen molar-refractivity contribution in [1.82, 2.24) is 4.57 Å². The van der Waals surface area contributed by atoms with Crippen molar-refractivity contribution in [2.24, 2.45) is 0 Å². The Balaban J connectivity index is 2.63. The molecule has 0 spiro atoms. The topological polar surface area (TPSA) is 68.5 Å². The molecule has 1 aliphatic rings. The second-order valence-electron chi connectivity index (χ2n) is 4.71. The predicted molar refractivity (Wildman–Crippen MR) is 69.9 cm³/mol. The zero-order chi connectivity index (χ0) is 17.8. The van der Waals surface area contributed by atoms with Crippen LogP contribution in [0.1, 0.15) is 32.0 Å². The maximum Gasteiger partial charge on any atom is 0.341 e. The molecule has 0 atom stereocenters. The number of aromatic carboxylic acids is 1. The van der Waals surface area contributed by atoms with Gasteiger partial charge in [-0.1, -0.05) is 0 Å². The van der Waals surface area contributed by atoms with Gasteiger partial charge in [0.2, 0.25) is 11.2 Å². The molecule has 21 heavy (non-hydrogen) atoms. The number of benzene rings is 1. The molecular weight excluding hydrogens is 284 g/mol. The van der Waals surface area contributed by atoms with Gasteiger partial charge in [-0.15, -0.1) is 0 Å². The summed E-state index contributed by atoms with van der Waals surface area (Å²) in [5.41, 5.74) is -2.22. The molecule has 0 aliphatic heterocycles. The Bertz CT molecular complexity index is 940. The third-order valence-corrected chi connectivity index (χ3v) is 3.33. The van der Waals surface area contributed by atoms with E-state index >= 15 is 0 Å². The molecule has 0 unspecified atom stereocenters. The second-order valence-corrected chi connectivity index (χ2v) is 4.71. The van der Waals surface area contributed by atoms with Crippen LogP contribution in [0.15, 0.2) is 17.0 Å². The SMILES string of the molecule is [2H]OC(=O)c1c([2H])n(C2CC2)c2c(OC)c(F)c(F)c([2H])c2c1=O. The maximum absolute atomic E-state index is 14.1. The minimum absolute atomic E-state index is 0.250. The molecule has 1 saturated carbocycles. The van der Waals surface area contributed by atoms with Crippen LogP contribution >= 0.6 is 0 Å². The molecule has 1 fully saturated rings. The third-order valence-electron chi connectivity index (χ3n) is 3.33. The van der Waals surface area contributed by atoms with E-state index in [1.54, 1.807) is 0 Å². The first-order chi connectivity index (χ1) is 11.3. The largest absolute Gasteiger partial charge is 0.491 e. The molecule has 3 rings (SSSR count). The van der Waals surface area contributed by atoms with Crippen LogP contribution in [0.5, 0.6) is 5.75 Å². The number of carboxylic acid groups (broad SMARTS) is 1. The molecule has 0 radical (unpaired) electrons. The first-order valence-electron chi connectivity index (χ1n) is 7.53. The summed E-state index contributed by atoms with van der Waals surface area (Å²) in [5.74, 6) is -5.05. The fourth-order valence-corrected chi connectivity index (χ4v) is 2.22. The lowest BCUT2D eigenvalue weighted by Gasteiger charge is -2.15. The standard InChI is InChI=1S/C14H11F2NO4/c1-21-13-10(16)9(15)4-7-11(13)17(6-2-3-6)5-8(12(7)18)14(19)20/h4-6H,2-3H2,1H3,(H,19,20)/i4D,5D/hD. The molecule has 0 saturated heterocycles. The van der Waals surface area contributed by atoms with E-state index in [1.165, 1.54) is 0 Å². The van der Waals surface area contributed by atoms with Crippen LogP contribution in [0.2, 0.25) is 0 Å². The number of hydrogen-bond donors (Lipinski definition) is 1. The predicted octanol–water partition coefficient (Wildman–Crippen LogP) is 2.32. The molecule has 5 nitrogen and oxygen atoms in total. The lowest BCUT2D eigenvalue weighted by atomic mass is 10.1. The number of pyridine rings is 1. The van der Waals surface area contributed by atoms with E-state index in [4.69, 9.17) is 8.91 Å². The Labute approximate surface area is 121 Å². The van der Waals surface area contributed by atoms with Crippen molar-refractivity contribution in [1.29, 1.82) is 1.43 Å². The average molecular weight is 298 g/mol. The third kappa shape index (κ3) is 1.96. The Kier molecular flexibility index (Phi) is 2.23. The van der Waals surface area contributed by atoms with Crippen LogP contribution in [0.4, 0.5) is 8.78 Å². The van der Waals surface area contributed by atoms with Crippen LogP contribution in [0, 0.1) is 11.6 Å². The van der Waals surface area contributed by atoms with Gasteiger partial charge in [0.05, 0.1) is 20.8 Å². The molecule has 1 aliphatic carbocycles. The quantitative estimate of drug-likeness (QED) is 0.944. The van der Waals surface area contributed by atoms with Crippen LogP contribution < -0.4 is 10.2 Å². The number of nitrogens with zero attached hydrogens (tertiary/aromatic N) is 1. The Morgan fingerprint density at radius 3 is 2.86 bits per heavy atom. The summed E-state index contributed by atoms with van der Waals surface area (Å²) in [4.78, 5) is 24.2. The number of fused-ring (bicyclic) bond motifs is 1. The van der Waals surface area contributed by atoms with Crippen LogP contribution in [0.25, 0.3) is 12.3 Å². The van der Waals surface area contributed by atoms with E-state index in [2.05, 4.69) is 5.11 Å². The second kappa shape index (κ2) is 4.54. The van der Waals surface area contributed by atoms with Crippen molar-refractivity contribution in [2.75, 3.05) is 7.11 Å². The fourth-order valence-electron chi connectivity index (χ4n) is 2.22. The number of ether oxygens (including phenoxy) is 1. The van der Waals surface area contributed by atoms with E-state index < -0.39 is 51.9 Å². The van der Waals surface area contributed by atoms with E-state index in [1.807, 2.05) is 0 Å². The molecule has 1 heterocycles. The van der Waals surface area contributed by atoms with Crippen molar-refractivity contribution in [3.05, 3.63) is 39.6 Å². The molecule has 0 bridgehead atoms. The number of hydrogen-bond acceptors (Lipinski definition) is 4. The van der Waals surface area contributed by atoms with Crippen molar-refractivity contribution >= 4 is 16.9 Å². The molecular formula is C14H11F2NO4. The van der Waals surface area contributed by atoms with E-state index in [-0.39, 0.29) is 11.6 Å². The fraction of sp³-hybridized carbons (Fsp3) is 0.286. The number of rotatable bonds is 3. The number of methoxy groups -OCH3 is 1. The minimum Gasteiger partial charge on any atom is -0.491 e. The first kappa shape index (κ1) is 10.3. The highest BCUT2D eigenvalue weighted by Crippen LogP contribution is 2.40. The van der Waals surface area contributed by atoms with Crippen molar-refractivity contribution in [2.45, 2.75) is 18.9 Å². The van der Waals surface area contributed by atoms with E-state index in [0.717, 1.165) is 11.7 Å². The van der Waals surface area contributed by atoms with Gasteiger partial charge in [0, 0.05) is 12.2 Å². The zero-order valence-electron chi connectivity index (χ0n) is 13.8. The van der Waals surface area contributed by atoms with Crippen molar-refractivity contribution in [3.8, 4) is 5.75 Å². The smallest absolute Gasteiger partial charge is 0.341 e. The summed E-state index contributed by atoms with van der Waals surface area (Å²) in [6.45, 7) is 0. The summed E-state index contributed by atoms with van der Waals surface area (Å²) in [6, 6.07) is -1.36. The van der Waals surface area contributed by atoms with E-state index in [0.29, 0.717) is 12.8 Å². The number of carboxylic acids is 1. The molecule has 1 N–H and O–H groups in total. The molecule has 7 heteroatoms. The van der Waals surface area contributed by atoms with E-state index in [9.17, 15) is 18.4 Å². The van der Waals surface area contributed by atoms with Crippen LogP contribution in [0.3, 0.4) is 0 Å². The van der Waals surface area contributed by atoms with Gasteiger partial charge in [0.1, 0.15) is 5.56 Å². The highest BCUT2D eigenvalue weighted by atomic mass is 19.2. The summed E-state index contributed by atoms with van der Waals surface area (Å²) >= 11 is 0. The summed E-state index contributed by atoms with van der Waals surface area (Å²) in [5, 5.41) is 3.18. The maximum atomic E-state index is 14.1. The Morgan fingerprint density at radius 1 is 1.57 bits per heavy atom. The van der Waals surface area contributed by atoms with Gasteiger partial charge < -0.3 is 14.4 Å². The zero-order valence-corrected chi connectivity index (χ0v) is 10.8. The van der Waals surface area contributed by atoms with Crippen molar-refractivity contribution in [3.63, 3.8) is 0 Å².